The maximum absolute atomic E-state index is 13.2. The van der Waals surface area contributed by atoms with Gasteiger partial charge < -0.3 is 9.26 Å². The lowest BCUT2D eigenvalue weighted by atomic mass is 10.2. The highest BCUT2D eigenvalue weighted by Crippen LogP contribution is 2.30. The molecular weight excluding hydrogens is 440 g/mol. The largest absolute Gasteiger partial charge is 0.573 e. The molecule has 0 radical (unpaired) electrons. The highest BCUT2D eigenvalue weighted by atomic mass is 19.4. The Hall–Kier alpha value is -4.21. The lowest BCUT2D eigenvalue weighted by Crippen LogP contribution is -2.16. The van der Waals surface area contributed by atoms with Crippen LogP contribution in [0.5, 0.6) is 5.75 Å². The van der Waals surface area contributed by atoms with Gasteiger partial charge in [-0.1, -0.05) is 35.5 Å². The van der Waals surface area contributed by atoms with Crippen LogP contribution < -0.4 is 4.74 Å². The van der Waals surface area contributed by atoms with Gasteiger partial charge in [-0.3, -0.25) is 4.68 Å². The van der Waals surface area contributed by atoms with Crippen molar-refractivity contribution >= 4 is 10.9 Å². The zero-order valence-electron chi connectivity index (χ0n) is 16.8. The van der Waals surface area contributed by atoms with E-state index >= 15 is 0 Å². The van der Waals surface area contributed by atoms with E-state index in [0.29, 0.717) is 17.8 Å². The maximum Gasteiger partial charge on any atom is 0.573 e. The van der Waals surface area contributed by atoms with E-state index < -0.39 is 6.36 Å². The van der Waals surface area contributed by atoms with E-state index in [4.69, 9.17) is 4.52 Å². The van der Waals surface area contributed by atoms with Crippen LogP contribution in [0.3, 0.4) is 0 Å². The molecule has 0 fully saturated rings. The molecule has 0 saturated carbocycles. The van der Waals surface area contributed by atoms with Crippen LogP contribution in [0.1, 0.15) is 5.56 Å². The molecule has 0 bridgehead atoms. The SMILES string of the molecule is Fc1ccc(Cn2nc(-c3nc(-c4ccc(OC(F)(F)F)cc4)no3)c3ccccc32)cc1. The minimum atomic E-state index is -4.77. The van der Waals surface area contributed by atoms with Crippen molar-refractivity contribution in [3.8, 4) is 28.7 Å². The van der Waals surface area contributed by atoms with Gasteiger partial charge in [-0.15, -0.1) is 13.2 Å². The fourth-order valence-corrected chi connectivity index (χ4v) is 3.41. The average molecular weight is 454 g/mol. The van der Waals surface area contributed by atoms with Crippen LogP contribution in [0.25, 0.3) is 33.9 Å². The molecule has 0 amide bonds. The Morgan fingerprint density at radius 1 is 0.909 bits per heavy atom. The molecule has 2 heterocycles. The van der Waals surface area contributed by atoms with E-state index in [9.17, 15) is 17.6 Å². The number of aromatic nitrogens is 4. The standard InChI is InChI=1S/C23H14F4N4O2/c24-16-9-5-14(6-10-16)13-31-19-4-2-1-3-18(19)20(29-31)22-28-21(30-33-22)15-7-11-17(12-8-15)32-23(25,26)27/h1-12H,13H2. The maximum atomic E-state index is 13.2. The number of alkyl halides is 3. The molecule has 0 unspecified atom stereocenters. The summed E-state index contributed by atoms with van der Waals surface area (Å²) >= 11 is 0. The fourth-order valence-electron chi connectivity index (χ4n) is 3.41. The molecule has 10 heteroatoms. The third-order valence-electron chi connectivity index (χ3n) is 4.88. The molecule has 0 aliphatic heterocycles. The van der Waals surface area contributed by atoms with Gasteiger partial charge in [-0.05, 0) is 48.0 Å². The van der Waals surface area contributed by atoms with Crippen LogP contribution in [0.2, 0.25) is 0 Å². The summed E-state index contributed by atoms with van der Waals surface area (Å²) in [5, 5.41) is 9.34. The Labute approximate surface area is 184 Å². The Morgan fingerprint density at radius 2 is 1.64 bits per heavy atom. The molecule has 2 aromatic heterocycles. The van der Waals surface area contributed by atoms with Crippen molar-refractivity contribution in [1.82, 2.24) is 19.9 Å². The molecular formula is C23H14F4N4O2. The minimum absolute atomic E-state index is 0.162. The Kier molecular flexibility index (Phi) is 5.04. The Bertz CT molecular complexity index is 1410. The van der Waals surface area contributed by atoms with Gasteiger partial charge in [0.05, 0.1) is 12.1 Å². The van der Waals surface area contributed by atoms with Crippen LogP contribution in [-0.2, 0) is 6.54 Å². The summed E-state index contributed by atoms with van der Waals surface area (Å²) in [6.07, 6.45) is -4.77. The zero-order valence-corrected chi connectivity index (χ0v) is 16.8. The second-order valence-electron chi connectivity index (χ2n) is 7.15. The summed E-state index contributed by atoms with van der Waals surface area (Å²) < 4.78 is 61.3. The first-order valence-electron chi connectivity index (χ1n) is 9.76. The van der Waals surface area contributed by atoms with E-state index in [1.807, 2.05) is 24.3 Å². The van der Waals surface area contributed by atoms with Gasteiger partial charge in [-0.25, -0.2) is 4.39 Å². The average Bonchev–Trinajstić information content (AvgIpc) is 3.40. The quantitative estimate of drug-likeness (QED) is 0.312. The smallest absolute Gasteiger partial charge is 0.406 e. The van der Waals surface area contributed by atoms with E-state index in [2.05, 4.69) is 20.0 Å². The molecule has 0 aliphatic rings. The van der Waals surface area contributed by atoms with E-state index in [0.717, 1.165) is 16.5 Å². The van der Waals surface area contributed by atoms with Crippen LogP contribution in [0.4, 0.5) is 17.6 Å². The monoisotopic (exact) mass is 454 g/mol. The van der Waals surface area contributed by atoms with Crippen molar-refractivity contribution in [2.24, 2.45) is 0 Å². The molecule has 0 saturated heterocycles. The van der Waals surface area contributed by atoms with Crippen LogP contribution in [0.15, 0.2) is 77.3 Å². The summed E-state index contributed by atoms with van der Waals surface area (Å²) in [6, 6.07) is 18.8. The first kappa shape index (κ1) is 20.7. The predicted octanol–water partition coefficient (Wildman–Crippen LogP) is 5.84. The Balaban J connectivity index is 1.46. The molecule has 0 N–H and O–H groups in total. The number of hydrogen-bond acceptors (Lipinski definition) is 5. The molecule has 6 nitrogen and oxygen atoms in total. The van der Waals surface area contributed by atoms with Gasteiger partial charge in [0.2, 0.25) is 5.82 Å². The lowest BCUT2D eigenvalue weighted by molar-refractivity contribution is -0.274. The zero-order chi connectivity index (χ0) is 23.0. The van der Waals surface area contributed by atoms with E-state index in [1.54, 1.807) is 16.8 Å². The van der Waals surface area contributed by atoms with E-state index in [1.165, 1.54) is 36.4 Å². The lowest BCUT2D eigenvalue weighted by Gasteiger charge is -2.08. The number of ether oxygens (including phenoxy) is 1. The fraction of sp³-hybridized carbons (Fsp3) is 0.0870. The summed E-state index contributed by atoms with van der Waals surface area (Å²) in [5.74, 6) is -0.308. The number of benzene rings is 3. The van der Waals surface area contributed by atoms with Crippen molar-refractivity contribution in [3.05, 3.63) is 84.2 Å². The van der Waals surface area contributed by atoms with Crippen molar-refractivity contribution in [3.63, 3.8) is 0 Å². The molecule has 33 heavy (non-hydrogen) atoms. The highest BCUT2D eigenvalue weighted by Gasteiger charge is 2.31. The van der Waals surface area contributed by atoms with Crippen LogP contribution in [0, 0.1) is 5.82 Å². The van der Waals surface area contributed by atoms with Crippen molar-refractivity contribution in [2.45, 2.75) is 12.9 Å². The number of rotatable bonds is 5. The van der Waals surface area contributed by atoms with Gasteiger partial charge >= 0.3 is 6.36 Å². The molecule has 5 aromatic rings. The Morgan fingerprint density at radius 3 is 2.36 bits per heavy atom. The molecule has 5 rings (SSSR count). The van der Waals surface area contributed by atoms with Gasteiger partial charge in [-0.2, -0.15) is 10.1 Å². The normalized spacial score (nSPS) is 11.8. The predicted molar refractivity (Wildman–Crippen MR) is 111 cm³/mol. The second-order valence-corrected chi connectivity index (χ2v) is 7.15. The first-order valence-corrected chi connectivity index (χ1v) is 9.76. The number of nitrogens with zero attached hydrogens (tertiary/aromatic N) is 4. The van der Waals surface area contributed by atoms with Gasteiger partial charge in [0, 0.05) is 10.9 Å². The number of para-hydroxylation sites is 1. The van der Waals surface area contributed by atoms with Crippen molar-refractivity contribution in [2.75, 3.05) is 0 Å². The van der Waals surface area contributed by atoms with Crippen LogP contribution >= 0.6 is 0 Å². The second kappa shape index (κ2) is 8.05. The summed E-state index contributed by atoms with van der Waals surface area (Å²) in [5.41, 5.74) is 2.60. The third kappa shape index (κ3) is 4.40. The van der Waals surface area contributed by atoms with Crippen molar-refractivity contribution < 1.29 is 26.8 Å². The third-order valence-corrected chi connectivity index (χ3v) is 4.88. The first-order chi connectivity index (χ1) is 15.9. The molecule has 3 aromatic carbocycles. The summed E-state index contributed by atoms with van der Waals surface area (Å²) in [6.45, 7) is 0.405. The molecule has 166 valence electrons. The topological polar surface area (TPSA) is 66.0 Å². The molecule has 0 atom stereocenters. The number of fused-ring (bicyclic) bond motifs is 1. The minimum Gasteiger partial charge on any atom is -0.406 e. The highest BCUT2D eigenvalue weighted by molar-refractivity contribution is 5.91. The van der Waals surface area contributed by atoms with Gasteiger partial charge in [0.1, 0.15) is 11.6 Å². The van der Waals surface area contributed by atoms with E-state index in [-0.39, 0.29) is 23.3 Å². The number of halogens is 4. The summed E-state index contributed by atoms with van der Waals surface area (Å²) in [4.78, 5) is 4.37. The van der Waals surface area contributed by atoms with Crippen LogP contribution in [-0.4, -0.2) is 26.3 Å². The molecule has 0 aliphatic carbocycles. The van der Waals surface area contributed by atoms with Crippen molar-refractivity contribution in [1.29, 1.82) is 0 Å². The summed E-state index contributed by atoms with van der Waals surface area (Å²) in [7, 11) is 0. The van der Waals surface area contributed by atoms with Gasteiger partial charge in [0.15, 0.2) is 5.69 Å². The number of hydrogen-bond donors (Lipinski definition) is 0. The molecule has 0 spiro atoms. The van der Waals surface area contributed by atoms with Gasteiger partial charge in [0.25, 0.3) is 5.89 Å².